The summed E-state index contributed by atoms with van der Waals surface area (Å²) in [6, 6.07) is 17.6. The normalized spacial score (nSPS) is 23.2. The number of nitrogens with zero attached hydrogens (tertiary/aromatic N) is 1. The van der Waals surface area contributed by atoms with E-state index in [9.17, 15) is 24.3 Å². The SMILES string of the molecule is COc1ccc(OC)c(C=Cc2ccc(N3C(=O)C4CC=C5C(c6ccc(OC)c(O)c6)C6=C(CC5C4C3=O)C(=O)C(C)=CC6=O)cc2)c1. The van der Waals surface area contributed by atoms with Crippen molar-refractivity contribution in [3.05, 3.63) is 112 Å². The average molecular weight is 658 g/mol. The van der Waals surface area contributed by atoms with E-state index in [0.717, 1.165) is 16.7 Å². The number of aromatic hydroxyl groups is 1. The van der Waals surface area contributed by atoms with E-state index in [1.807, 2.05) is 48.6 Å². The zero-order valence-electron chi connectivity index (χ0n) is 27.6. The lowest BCUT2D eigenvalue weighted by Crippen LogP contribution is -2.39. The number of rotatable bonds is 7. The molecular weight excluding hydrogens is 622 g/mol. The number of fused-ring (bicyclic) bond motifs is 3. The van der Waals surface area contributed by atoms with Gasteiger partial charge in [-0.25, -0.2) is 0 Å². The van der Waals surface area contributed by atoms with Gasteiger partial charge in [-0.05, 0) is 85.4 Å². The van der Waals surface area contributed by atoms with Gasteiger partial charge < -0.3 is 19.3 Å². The lowest BCUT2D eigenvalue weighted by atomic mass is 9.59. The molecule has 9 nitrogen and oxygen atoms in total. The minimum Gasteiger partial charge on any atom is -0.504 e. The van der Waals surface area contributed by atoms with E-state index in [1.165, 1.54) is 18.1 Å². The molecule has 9 heteroatoms. The molecule has 4 atom stereocenters. The van der Waals surface area contributed by atoms with Crippen LogP contribution in [0, 0.1) is 17.8 Å². The highest BCUT2D eigenvalue weighted by Gasteiger charge is 2.56. The van der Waals surface area contributed by atoms with E-state index in [2.05, 4.69) is 0 Å². The Morgan fingerprint density at radius 1 is 0.816 bits per heavy atom. The molecule has 0 spiro atoms. The van der Waals surface area contributed by atoms with Crippen molar-refractivity contribution in [1.82, 2.24) is 0 Å². The number of amides is 2. The van der Waals surface area contributed by atoms with E-state index in [4.69, 9.17) is 14.2 Å². The van der Waals surface area contributed by atoms with Crippen LogP contribution in [-0.4, -0.2) is 49.8 Å². The first kappa shape index (κ1) is 31.9. The Balaban J connectivity index is 1.21. The third-order valence-corrected chi connectivity index (χ3v) is 10.1. The second kappa shape index (κ2) is 12.4. The molecule has 3 aliphatic carbocycles. The van der Waals surface area contributed by atoms with Gasteiger partial charge in [0, 0.05) is 28.2 Å². The summed E-state index contributed by atoms with van der Waals surface area (Å²) in [6.07, 6.45) is 7.64. The Morgan fingerprint density at radius 3 is 2.24 bits per heavy atom. The number of carbonyl (C=O) groups is 4. The van der Waals surface area contributed by atoms with Crippen LogP contribution in [0.2, 0.25) is 0 Å². The van der Waals surface area contributed by atoms with Crippen LogP contribution in [0.25, 0.3) is 12.2 Å². The number of anilines is 1. The highest BCUT2D eigenvalue weighted by atomic mass is 16.5. The quantitative estimate of drug-likeness (QED) is 0.138. The zero-order chi connectivity index (χ0) is 34.6. The topological polar surface area (TPSA) is 119 Å². The molecular formula is C40H35NO8. The fraction of sp³-hybridized carbons (Fsp3) is 0.250. The first-order valence-corrected chi connectivity index (χ1v) is 16.1. The number of carbonyl (C=O) groups excluding carboxylic acids is 4. The number of hydrogen-bond donors (Lipinski definition) is 1. The number of ketones is 2. The number of methoxy groups -OCH3 is 3. The second-order valence-corrected chi connectivity index (χ2v) is 12.7. The lowest BCUT2D eigenvalue weighted by molar-refractivity contribution is -0.123. The Bertz CT molecular complexity index is 2050. The molecule has 1 heterocycles. The monoisotopic (exact) mass is 657 g/mol. The molecule has 1 aliphatic heterocycles. The van der Waals surface area contributed by atoms with Gasteiger partial charge in [0.05, 0.1) is 38.9 Å². The second-order valence-electron chi connectivity index (χ2n) is 12.7. The number of Topliss-reactive ketones (excluding diaryl/α,β-unsaturated/α-hetero) is 1. The predicted octanol–water partition coefficient (Wildman–Crippen LogP) is 6.22. The summed E-state index contributed by atoms with van der Waals surface area (Å²) in [5.41, 5.74) is 4.66. The van der Waals surface area contributed by atoms with Crippen molar-refractivity contribution in [3.8, 4) is 23.0 Å². The fourth-order valence-electron chi connectivity index (χ4n) is 7.79. The summed E-state index contributed by atoms with van der Waals surface area (Å²) < 4.78 is 16.1. The van der Waals surface area contributed by atoms with Gasteiger partial charge in [-0.2, -0.15) is 0 Å². The zero-order valence-corrected chi connectivity index (χ0v) is 27.6. The van der Waals surface area contributed by atoms with Gasteiger partial charge in [0.2, 0.25) is 11.8 Å². The molecule has 0 bridgehead atoms. The predicted molar refractivity (Wildman–Crippen MR) is 183 cm³/mol. The molecule has 2 amide bonds. The maximum absolute atomic E-state index is 14.3. The number of phenolic OH excluding ortho intramolecular Hbond substituents is 1. The first-order valence-electron chi connectivity index (χ1n) is 16.1. The standard InChI is InChI=1S/C40H35NO8/c1-21-17-32(43)37-30(38(21)44)20-29-27(35(37)24-9-15-34(49-4)31(42)19-24)13-14-28-36(29)40(46)41(39(28)45)25-10-6-22(7-11-25)5-8-23-18-26(47-2)12-16-33(23)48-3/h5-13,15-19,28-29,35-36,42H,14,20H2,1-4H3. The van der Waals surface area contributed by atoms with Crippen LogP contribution in [0.15, 0.2) is 95.1 Å². The summed E-state index contributed by atoms with van der Waals surface area (Å²) in [4.78, 5) is 56.5. The van der Waals surface area contributed by atoms with Gasteiger partial charge in [0.1, 0.15) is 11.5 Å². The van der Waals surface area contributed by atoms with Crippen LogP contribution in [0.3, 0.4) is 0 Å². The highest BCUT2D eigenvalue weighted by molar-refractivity contribution is 6.25. The summed E-state index contributed by atoms with van der Waals surface area (Å²) in [5.74, 6) is -1.96. The summed E-state index contributed by atoms with van der Waals surface area (Å²) in [6.45, 7) is 1.62. The maximum atomic E-state index is 14.3. The Hall–Kier alpha value is -5.70. The van der Waals surface area contributed by atoms with Gasteiger partial charge >= 0.3 is 0 Å². The largest absolute Gasteiger partial charge is 0.504 e. The molecule has 0 saturated carbocycles. The van der Waals surface area contributed by atoms with Crippen molar-refractivity contribution in [2.45, 2.75) is 25.7 Å². The van der Waals surface area contributed by atoms with Gasteiger partial charge in [-0.3, -0.25) is 24.1 Å². The van der Waals surface area contributed by atoms with Gasteiger partial charge in [-0.1, -0.05) is 42.0 Å². The minimum absolute atomic E-state index is 0.0981. The van der Waals surface area contributed by atoms with E-state index >= 15 is 0 Å². The molecule has 1 saturated heterocycles. The van der Waals surface area contributed by atoms with Crippen molar-refractivity contribution in [2.24, 2.45) is 17.8 Å². The molecule has 3 aromatic carbocycles. The van der Waals surface area contributed by atoms with Crippen LogP contribution < -0.4 is 19.1 Å². The maximum Gasteiger partial charge on any atom is 0.238 e. The third kappa shape index (κ3) is 5.26. The molecule has 49 heavy (non-hydrogen) atoms. The molecule has 1 N–H and O–H groups in total. The molecule has 4 unspecified atom stereocenters. The molecule has 3 aromatic rings. The van der Waals surface area contributed by atoms with Gasteiger partial charge in [-0.15, -0.1) is 0 Å². The smallest absolute Gasteiger partial charge is 0.238 e. The molecule has 4 aliphatic rings. The molecule has 1 fully saturated rings. The summed E-state index contributed by atoms with van der Waals surface area (Å²) in [7, 11) is 4.65. The van der Waals surface area contributed by atoms with E-state index < -0.39 is 23.7 Å². The highest BCUT2D eigenvalue weighted by Crippen LogP contribution is 2.55. The van der Waals surface area contributed by atoms with Crippen LogP contribution in [0.5, 0.6) is 23.0 Å². The fourth-order valence-corrected chi connectivity index (χ4v) is 7.79. The number of benzene rings is 3. The van der Waals surface area contributed by atoms with Crippen LogP contribution in [0.4, 0.5) is 5.69 Å². The molecule has 0 radical (unpaired) electrons. The Kier molecular flexibility index (Phi) is 8.06. The number of allylic oxidation sites excluding steroid dienone is 6. The third-order valence-electron chi connectivity index (χ3n) is 10.1. The van der Waals surface area contributed by atoms with Crippen LogP contribution >= 0.6 is 0 Å². The molecule has 248 valence electrons. The van der Waals surface area contributed by atoms with Crippen molar-refractivity contribution in [3.63, 3.8) is 0 Å². The Morgan fingerprint density at radius 2 is 1.55 bits per heavy atom. The van der Waals surface area contributed by atoms with Crippen LogP contribution in [-0.2, 0) is 19.2 Å². The number of phenols is 1. The number of ether oxygens (including phenoxy) is 3. The van der Waals surface area contributed by atoms with E-state index in [-0.39, 0.29) is 41.3 Å². The van der Waals surface area contributed by atoms with Gasteiger partial charge in [0.15, 0.2) is 23.1 Å². The summed E-state index contributed by atoms with van der Waals surface area (Å²) in [5, 5.41) is 10.7. The number of imide groups is 1. The van der Waals surface area contributed by atoms with Crippen molar-refractivity contribution >= 4 is 41.2 Å². The molecule has 7 rings (SSSR count). The van der Waals surface area contributed by atoms with E-state index in [1.54, 1.807) is 51.5 Å². The number of hydrogen-bond acceptors (Lipinski definition) is 8. The Labute approximate surface area is 283 Å². The van der Waals surface area contributed by atoms with Crippen molar-refractivity contribution in [1.29, 1.82) is 0 Å². The van der Waals surface area contributed by atoms with E-state index in [0.29, 0.717) is 45.9 Å². The van der Waals surface area contributed by atoms with Gasteiger partial charge in [0.25, 0.3) is 0 Å². The van der Waals surface area contributed by atoms with Crippen LogP contribution in [0.1, 0.15) is 42.4 Å². The average Bonchev–Trinajstić information content (AvgIpc) is 3.37. The summed E-state index contributed by atoms with van der Waals surface area (Å²) >= 11 is 0. The first-order chi connectivity index (χ1) is 23.6. The molecule has 0 aromatic heterocycles. The minimum atomic E-state index is -0.704. The van der Waals surface area contributed by atoms with Crippen molar-refractivity contribution < 1.29 is 38.5 Å². The lowest BCUT2D eigenvalue weighted by Gasteiger charge is -2.42. The van der Waals surface area contributed by atoms with Crippen molar-refractivity contribution in [2.75, 3.05) is 26.2 Å².